The van der Waals surface area contributed by atoms with Crippen molar-refractivity contribution in [3.8, 4) is 0 Å². The molecule has 98 valence electrons. The highest BCUT2D eigenvalue weighted by Crippen LogP contribution is 2.10. The number of anilines is 1. The fourth-order valence-corrected chi connectivity index (χ4v) is 1.88. The normalized spacial score (nSPS) is 24.8. The van der Waals surface area contributed by atoms with Gasteiger partial charge in [0.25, 0.3) is 0 Å². The van der Waals surface area contributed by atoms with Crippen LogP contribution in [0.2, 0.25) is 0 Å². The van der Waals surface area contributed by atoms with Crippen LogP contribution >= 0.6 is 0 Å². The number of likely N-dealkylation sites (tertiary alicyclic amines) is 1. The van der Waals surface area contributed by atoms with E-state index >= 15 is 0 Å². The van der Waals surface area contributed by atoms with Crippen molar-refractivity contribution in [3.63, 3.8) is 0 Å². The number of piperidine rings is 1. The van der Waals surface area contributed by atoms with Gasteiger partial charge in [-0.1, -0.05) is 0 Å². The molecule has 0 spiro atoms. The quantitative estimate of drug-likeness (QED) is 0.628. The van der Waals surface area contributed by atoms with Crippen molar-refractivity contribution >= 4 is 11.7 Å². The van der Waals surface area contributed by atoms with E-state index < -0.39 is 12.2 Å². The van der Waals surface area contributed by atoms with Crippen LogP contribution in [0.5, 0.6) is 0 Å². The van der Waals surface area contributed by atoms with E-state index in [1.54, 1.807) is 4.90 Å². The maximum atomic E-state index is 11.7. The number of nitrogens with zero attached hydrogens (tertiary/aromatic N) is 3. The molecule has 1 aromatic rings. The molecule has 0 aromatic carbocycles. The summed E-state index contributed by atoms with van der Waals surface area (Å²) in [7, 11) is 0. The summed E-state index contributed by atoms with van der Waals surface area (Å²) >= 11 is 0. The minimum atomic E-state index is -0.789. The molecule has 0 saturated carbocycles. The van der Waals surface area contributed by atoms with Crippen molar-refractivity contribution in [2.75, 3.05) is 25.0 Å². The number of hydrogen-bond acceptors (Lipinski definition) is 6. The topological polar surface area (TPSA) is 98.6 Å². The van der Waals surface area contributed by atoms with Crippen LogP contribution in [0.4, 0.5) is 5.82 Å². The Bertz CT molecular complexity index is 401. The molecule has 0 unspecified atom stereocenters. The number of β-amino-alcohol motifs (C(OH)–C–C–N with tert-alkyl or cyclic N) is 1. The Kier molecular flexibility index (Phi) is 4.19. The van der Waals surface area contributed by atoms with Crippen molar-refractivity contribution in [1.29, 1.82) is 0 Å². The summed E-state index contributed by atoms with van der Waals surface area (Å²) in [5.41, 5.74) is 0. The number of aliphatic hydroxyl groups excluding tert-OH is 2. The molecule has 1 fully saturated rings. The zero-order valence-corrected chi connectivity index (χ0v) is 9.86. The van der Waals surface area contributed by atoms with Crippen molar-refractivity contribution in [2.24, 2.45) is 0 Å². The second-order valence-corrected chi connectivity index (χ2v) is 4.30. The summed E-state index contributed by atoms with van der Waals surface area (Å²) in [5.74, 6) is 0.194. The molecule has 2 rings (SSSR count). The van der Waals surface area contributed by atoms with E-state index in [4.69, 9.17) is 0 Å². The smallest absolute Gasteiger partial charge is 0.239 e. The zero-order valence-electron chi connectivity index (χ0n) is 9.86. The third-order valence-electron chi connectivity index (χ3n) is 2.83. The van der Waals surface area contributed by atoms with Crippen LogP contribution in [-0.4, -0.2) is 62.8 Å². The van der Waals surface area contributed by atoms with Gasteiger partial charge in [0.2, 0.25) is 5.91 Å². The Hall–Kier alpha value is -1.57. The van der Waals surface area contributed by atoms with Gasteiger partial charge in [-0.2, -0.15) is 0 Å². The molecule has 2 heterocycles. The van der Waals surface area contributed by atoms with E-state index in [0.29, 0.717) is 25.3 Å². The van der Waals surface area contributed by atoms with E-state index in [2.05, 4.69) is 15.3 Å². The summed E-state index contributed by atoms with van der Waals surface area (Å²) in [5, 5.41) is 21.5. The summed E-state index contributed by atoms with van der Waals surface area (Å²) in [4.78, 5) is 21.3. The minimum Gasteiger partial charge on any atom is -0.390 e. The second kappa shape index (κ2) is 5.85. The van der Waals surface area contributed by atoms with Gasteiger partial charge in [-0.3, -0.25) is 14.7 Å². The molecule has 1 aromatic heterocycles. The fourth-order valence-electron chi connectivity index (χ4n) is 1.88. The van der Waals surface area contributed by atoms with Crippen LogP contribution in [0, 0.1) is 0 Å². The third-order valence-corrected chi connectivity index (χ3v) is 2.83. The second-order valence-electron chi connectivity index (χ2n) is 4.30. The Morgan fingerprint density at radius 3 is 2.94 bits per heavy atom. The number of carbonyl (C=O) groups is 1. The SMILES string of the molecule is O=C(CN1CC[C@H](O)[C@H](O)C1)Nc1cnccn1. The molecular weight excluding hydrogens is 236 g/mol. The molecule has 2 atom stereocenters. The molecule has 0 bridgehead atoms. The van der Waals surface area contributed by atoms with Gasteiger partial charge in [0.05, 0.1) is 24.9 Å². The largest absolute Gasteiger partial charge is 0.390 e. The number of aliphatic hydroxyl groups is 2. The predicted octanol–water partition coefficient (Wildman–Crippen LogP) is -1.16. The summed E-state index contributed by atoms with van der Waals surface area (Å²) < 4.78 is 0. The highest BCUT2D eigenvalue weighted by molar-refractivity contribution is 5.91. The van der Waals surface area contributed by atoms with Gasteiger partial charge in [0.1, 0.15) is 0 Å². The van der Waals surface area contributed by atoms with Crippen molar-refractivity contribution in [2.45, 2.75) is 18.6 Å². The number of amides is 1. The number of aromatic nitrogens is 2. The summed E-state index contributed by atoms with van der Waals surface area (Å²) in [6.07, 6.45) is 3.48. The lowest BCUT2D eigenvalue weighted by molar-refractivity contribution is -0.119. The summed E-state index contributed by atoms with van der Waals surface area (Å²) in [6, 6.07) is 0. The van der Waals surface area contributed by atoms with E-state index in [1.165, 1.54) is 18.6 Å². The van der Waals surface area contributed by atoms with Crippen LogP contribution in [0.25, 0.3) is 0 Å². The monoisotopic (exact) mass is 252 g/mol. The number of nitrogens with one attached hydrogen (secondary N) is 1. The summed E-state index contributed by atoms with van der Waals surface area (Å²) in [6.45, 7) is 1.06. The van der Waals surface area contributed by atoms with Gasteiger partial charge in [-0.15, -0.1) is 0 Å². The molecule has 18 heavy (non-hydrogen) atoms. The average molecular weight is 252 g/mol. The average Bonchev–Trinajstić information content (AvgIpc) is 2.35. The Balaban J connectivity index is 1.81. The molecule has 7 heteroatoms. The first-order valence-corrected chi connectivity index (χ1v) is 5.79. The van der Waals surface area contributed by atoms with E-state index in [9.17, 15) is 15.0 Å². The molecule has 0 aliphatic carbocycles. The lowest BCUT2D eigenvalue weighted by Crippen LogP contribution is -2.48. The fraction of sp³-hybridized carbons (Fsp3) is 0.545. The number of hydrogen-bond donors (Lipinski definition) is 3. The number of carbonyl (C=O) groups excluding carboxylic acids is 1. The predicted molar refractivity (Wildman–Crippen MR) is 63.7 cm³/mol. The van der Waals surface area contributed by atoms with Gasteiger partial charge >= 0.3 is 0 Å². The van der Waals surface area contributed by atoms with Gasteiger partial charge in [-0.05, 0) is 6.42 Å². The Morgan fingerprint density at radius 1 is 1.44 bits per heavy atom. The standard InChI is InChI=1S/C11H16N4O3/c16-8-1-4-15(6-9(8)17)7-11(18)14-10-5-12-2-3-13-10/h2-3,5,8-9,16-17H,1,4,6-7H2,(H,13,14,18)/t8-,9+/m0/s1. The molecule has 3 N–H and O–H groups in total. The van der Waals surface area contributed by atoms with Gasteiger partial charge < -0.3 is 15.5 Å². The van der Waals surface area contributed by atoms with E-state index in [-0.39, 0.29) is 12.5 Å². The highest BCUT2D eigenvalue weighted by atomic mass is 16.3. The van der Waals surface area contributed by atoms with Gasteiger partial charge in [-0.25, -0.2) is 4.98 Å². The Morgan fingerprint density at radius 2 is 2.28 bits per heavy atom. The zero-order chi connectivity index (χ0) is 13.0. The van der Waals surface area contributed by atoms with Crippen LogP contribution in [-0.2, 0) is 4.79 Å². The first kappa shape index (κ1) is 12.9. The molecule has 1 aliphatic rings. The van der Waals surface area contributed by atoms with Crippen LogP contribution in [0.1, 0.15) is 6.42 Å². The van der Waals surface area contributed by atoms with Crippen LogP contribution in [0.3, 0.4) is 0 Å². The van der Waals surface area contributed by atoms with E-state index in [0.717, 1.165) is 0 Å². The lowest BCUT2D eigenvalue weighted by atomic mass is 10.1. The minimum absolute atomic E-state index is 0.167. The molecule has 0 radical (unpaired) electrons. The molecule has 7 nitrogen and oxygen atoms in total. The molecule has 1 amide bonds. The van der Waals surface area contributed by atoms with Crippen LogP contribution in [0.15, 0.2) is 18.6 Å². The maximum absolute atomic E-state index is 11.7. The van der Waals surface area contributed by atoms with Gasteiger partial charge in [0, 0.05) is 25.5 Å². The van der Waals surface area contributed by atoms with Crippen molar-refractivity contribution in [3.05, 3.63) is 18.6 Å². The third kappa shape index (κ3) is 3.46. The lowest BCUT2D eigenvalue weighted by Gasteiger charge is -2.32. The van der Waals surface area contributed by atoms with E-state index in [1.807, 2.05) is 0 Å². The van der Waals surface area contributed by atoms with Crippen LogP contribution < -0.4 is 5.32 Å². The van der Waals surface area contributed by atoms with Gasteiger partial charge in [0.15, 0.2) is 5.82 Å². The van der Waals surface area contributed by atoms with Crippen molar-refractivity contribution < 1.29 is 15.0 Å². The van der Waals surface area contributed by atoms with Crippen molar-refractivity contribution in [1.82, 2.24) is 14.9 Å². The first-order valence-electron chi connectivity index (χ1n) is 5.79. The maximum Gasteiger partial charge on any atom is 0.239 e. The highest BCUT2D eigenvalue weighted by Gasteiger charge is 2.26. The molecule has 1 saturated heterocycles. The molecule has 1 aliphatic heterocycles. The molecular formula is C11H16N4O3. The Labute approximate surface area is 104 Å². The number of rotatable bonds is 3. The first-order chi connectivity index (χ1) is 8.65.